The Balaban J connectivity index is 1.49. The Kier molecular flexibility index (Phi) is 3.00. The van der Waals surface area contributed by atoms with E-state index in [1.54, 1.807) is 24.3 Å². The van der Waals surface area contributed by atoms with Gasteiger partial charge < -0.3 is 10.2 Å². The van der Waals surface area contributed by atoms with Crippen LogP contribution in [0.2, 0.25) is 5.02 Å². The summed E-state index contributed by atoms with van der Waals surface area (Å²) in [4.78, 5) is 15.0. The molecule has 106 valence electrons. The Hall–Kier alpha value is -1.06. The van der Waals surface area contributed by atoms with E-state index in [0.717, 1.165) is 5.92 Å². The smallest absolute Gasteiger partial charge is 0.251 e. The van der Waals surface area contributed by atoms with E-state index in [4.69, 9.17) is 11.6 Å². The lowest BCUT2D eigenvalue weighted by Crippen LogP contribution is -2.64. The minimum atomic E-state index is 0.0501. The maximum absolute atomic E-state index is 12.4. The Morgan fingerprint density at radius 3 is 2.35 bits per heavy atom. The molecule has 0 unspecified atom stereocenters. The number of halogens is 1. The van der Waals surface area contributed by atoms with Crippen molar-refractivity contribution in [3.05, 3.63) is 34.9 Å². The zero-order valence-electron chi connectivity index (χ0n) is 11.4. The van der Waals surface area contributed by atoms with Crippen molar-refractivity contribution in [1.82, 2.24) is 10.2 Å². The molecular weight excluding hydrogens is 272 g/mol. The van der Waals surface area contributed by atoms with Gasteiger partial charge in [-0.3, -0.25) is 4.79 Å². The molecule has 0 radical (unpaired) electrons. The normalized spacial score (nSPS) is 38.0. The fourth-order valence-electron chi connectivity index (χ4n) is 4.48. The molecule has 4 fully saturated rings. The summed E-state index contributed by atoms with van der Waals surface area (Å²) in [6.45, 7) is 3.61. The summed E-state index contributed by atoms with van der Waals surface area (Å²) in [6.07, 6.45) is 2.58. The van der Waals surface area contributed by atoms with Crippen LogP contribution in [0.4, 0.5) is 0 Å². The van der Waals surface area contributed by atoms with Gasteiger partial charge in [-0.25, -0.2) is 0 Å². The Morgan fingerprint density at radius 1 is 1.10 bits per heavy atom. The zero-order valence-corrected chi connectivity index (χ0v) is 12.1. The molecule has 1 saturated carbocycles. The summed E-state index contributed by atoms with van der Waals surface area (Å²) < 4.78 is 0. The van der Waals surface area contributed by atoms with Crippen molar-refractivity contribution in [2.24, 2.45) is 17.8 Å². The molecule has 1 amide bonds. The molecule has 0 aromatic heterocycles. The second-order valence-electron chi connectivity index (χ2n) is 6.58. The molecule has 2 atom stereocenters. The van der Waals surface area contributed by atoms with Crippen LogP contribution in [0.25, 0.3) is 0 Å². The molecule has 3 aliphatic heterocycles. The lowest BCUT2D eigenvalue weighted by atomic mass is 9.65. The lowest BCUT2D eigenvalue weighted by molar-refractivity contribution is -0.0418. The van der Waals surface area contributed by atoms with Crippen LogP contribution in [0.3, 0.4) is 0 Å². The fraction of sp³-hybridized carbons (Fsp3) is 0.562. The average Bonchev–Trinajstić information content (AvgIpc) is 2.42. The standard InChI is InChI=1S/C16H19ClN2O/c17-14-3-1-11(2-4-14)16(20)18-15-12-5-10-6-13(15)9-19(7-10)8-12/h1-4,10,12-13,15H,5-9H2,(H,18,20)/t10?,12-,13-,15?/m1/s1. The highest BCUT2D eigenvalue weighted by Gasteiger charge is 2.47. The van der Waals surface area contributed by atoms with Crippen molar-refractivity contribution in [2.75, 3.05) is 19.6 Å². The summed E-state index contributed by atoms with van der Waals surface area (Å²) >= 11 is 5.87. The molecule has 3 heterocycles. The predicted octanol–water partition coefficient (Wildman–Crippen LogP) is 2.41. The number of benzene rings is 1. The molecule has 3 saturated heterocycles. The van der Waals surface area contributed by atoms with Crippen molar-refractivity contribution < 1.29 is 4.79 Å². The summed E-state index contributed by atoms with van der Waals surface area (Å²) in [6, 6.07) is 7.53. The van der Waals surface area contributed by atoms with Gasteiger partial charge in [0.1, 0.15) is 0 Å². The van der Waals surface area contributed by atoms with Gasteiger partial charge in [0.25, 0.3) is 5.91 Å². The van der Waals surface area contributed by atoms with Crippen LogP contribution in [0.1, 0.15) is 23.2 Å². The van der Waals surface area contributed by atoms with Crippen LogP contribution in [-0.4, -0.2) is 36.5 Å². The summed E-state index contributed by atoms with van der Waals surface area (Å²) in [5.74, 6) is 2.22. The van der Waals surface area contributed by atoms with Crippen molar-refractivity contribution >= 4 is 17.5 Å². The lowest BCUT2D eigenvalue weighted by Gasteiger charge is -2.55. The van der Waals surface area contributed by atoms with Crippen LogP contribution in [0, 0.1) is 17.8 Å². The topological polar surface area (TPSA) is 32.3 Å². The van der Waals surface area contributed by atoms with E-state index in [1.807, 2.05) is 0 Å². The van der Waals surface area contributed by atoms with Gasteiger partial charge in [-0.2, -0.15) is 0 Å². The first-order valence-electron chi connectivity index (χ1n) is 7.48. The molecular formula is C16H19ClN2O. The second-order valence-corrected chi connectivity index (χ2v) is 7.02. The first kappa shape index (κ1) is 12.7. The Bertz CT molecular complexity index is 500. The minimum Gasteiger partial charge on any atom is -0.349 e. The quantitative estimate of drug-likeness (QED) is 0.907. The third-order valence-corrected chi connectivity index (χ3v) is 5.45. The summed E-state index contributed by atoms with van der Waals surface area (Å²) in [5.41, 5.74) is 0.712. The minimum absolute atomic E-state index is 0.0501. The number of hydrogen-bond donors (Lipinski definition) is 1. The number of nitrogens with one attached hydrogen (secondary N) is 1. The molecule has 4 bridgehead atoms. The van der Waals surface area contributed by atoms with Gasteiger partial charge in [0.2, 0.25) is 0 Å². The van der Waals surface area contributed by atoms with E-state index in [9.17, 15) is 4.79 Å². The van der Waals surface area contributed by atoms with Gasteiger partial charge in [0.15, 0.2) is 0 Å². The van der Waals surface area contributed by atoms with Crippen LogP contribution in [0.5, 0.6) is 0 Å². The van der Waals surface area contributed by atoms with Gasteiger partial charge in [-0.05, 0) is 54.9 Å². The van der Waals surface area contributed by atoms with Crippen molar-refractivity contribution in [3.63, 3.8) is 0 Å². The molecule has 1 aromatic rings. The van der Waals surface area contributed by atoms with Crippen LogP contribution in [0.15, 0.2) is 24.3 Å². The van der Waals surface area contributed by atoms with Crippen molar-refractivity contribution in [2.45, 2.75) is 18.9 Å². The maximum Gasteiger partial charge on any atom is 0.251 e. The molecule has 4 heteroatoms. The van der Waals surface area contributed by atoms with Gasteiger partial charge in [-0.15, -0.1) is 0 Å². The van der Waals surface area contributed by atoms with E-state index >= 15 is 0 Å². The largest absolute Gasteiger partial charge is 0.349 e. The number of rotatable bonds is 2. The van der Waals surface area contributed by atoms with Crippen LogP contribution < -0.4 is 5.32 Å². The molecule has 3 nitrogen and oxygen atoms in total. The molecule has 1 aliphatic carbocycles. The average molecular weight is 291 g/mol. The molecule has 5 rings (SSSR count). The van der Waals surface area contributed by atoms with Gasteiger partial charge in [0, 0.05) is 36.3 Å². The number of piperidine rings is 3. The number of nitrogens with zero attached hydrogens (tertiary/aromatic N) is 1. The maximum atomic E-state index is 12.4. The highest BCUT2D eigenvalue weighted by molar-refractivity contribution is 6.30. The molecule has 1 N–H and O–H groups in total. The third kappa shape index (κ3) is 2.13. The van der Waals surface area contributed by atoms with E-state index in [-0.39, 0.29) is 5.91 Å². The first-order valence-corrected chi connectivity index (χ1v) is 7.85. The summed E-state index contributed by atoms with van der Waals surface area (Å²) in [5, 5.41) is 3.96. The number of hydrogen-bond acceptors (Lipinski definition) is 2. The number of carbonyl (C=O) groups excluding carboxylic acids is 1. The number of amides is 1. The number of carbonyl (C=O) groups is 1. The monoisotopic (exact) mass is 290 g/mol. The molecule has 0 spiro atoms. The third-order valence-electron chi connectivity index (χ3n) is 5.19. The van der Waals surface area contributed by atoms with Crippen LogP contribution in [-0.2, 0) is 0 Å². The van der Waals surface area contributed by atoms with E-state index in [0.29, 0.717) is 28.5 Å². The van der Waals surface area contributed by atoms with E-state index in [1.165, 1.54) is 32.5 Å². The zero-order chi connectivity index (χ0) is 13.7. The molecule has 4 aliphatic rings. The second kappa shape index (κ2) is 4.74. The molecule has 1 aromatic carbocycles. The summed E-state index contributed by atoms with van der Waals surface area (Å²) in [7, 11) is 0. The van der Waals surface area contributed by atoms with Gasteiger partial charge in [-0.1, -0.05) is 11.6 Å². The Morgan fingerprint density at radius 2 is 1.75 bits per heavy atom. The highest BCUT2D eigenvalue weighted by Crippen LogP contribution is 2.43. The van der Waals surface area contributed by atoms with Crippen LogP contribution >= 0.6 is 11.6 Å². The predicted molar refractivity (Wildman–Crippen MR) is 78.9 cm³/mol. The van der Waals surface area contributed by atoms with Gasteiger partial charge >= 0.3 is 0 Å². The van der Waals surface area contributed by atoms with E-state index in [2.05, 4.69) is 10.2 Å². The van der Waals surface area contributed by atoms with Gasteiger partial charge in [0.05, 0.1) is 0 Å². The Labute approximate surface area is 124 Å². The fourth-order valence-corrected chi connectivity index (χ4v) is 4.61. The van der Waals surface area contributed by atoms with Crippen molar-refractivity contribution in [3.8, 4) is 0 Å². The van der Waals surface area contributed by atoms with Crippen molar-refractivity contribution in [1.29, 1.82) is 0 Å². The van der Waals surface area contributed by atoms with E-state index < -0.39 is 0 Å². The SMILES string of the molecule is O=C(NC1[C@@H]2CC3C[C@@H]1CN(C3)C2)c1ccc(Cl)cc1. The first-order chi connectivity index (χ1) is 9.69. The molecule has 20 heavy (non-hydrogen) atoms. The highest BCUT2D eigenvalue weighted by atomic mass is 35.5.